The van der Waals surface area contributed by atoms with Crippen LogP contribution in [0.1, 0.15) is 27.7 Å². The lowest BCUT2D eigenvalue weighted by atomic mass is 10.1. The molecule has 0 aliphatic rings. The van der Waals surface area contributed by atoms with Gasteiger partial charge in [-0.1, -0.05) is 20.4 Å². The molecule has 0 aromatic heterocycles. The average molecular weight is 159 g/mol. The molecule has 0 aliphatic carbocycles. The zero-order valence-electron chi connectivity index (χ0n) is 7.87. The summed E-state index contributed by atoms with van der Waals surface area (Å²) in [6.45, 7) is 11.3. The molecule has 0 radical (unpaired) electrons. The van der Waals surface area contributed by atoms with Crippen LogP contribution in [0.25, 0.3) is 0 Å². The van der Waals surface area contributed by atoms with Gasteiger partial charge in [0.25, 0.3) is 0 Å². The van der Waals surface area contributed by atoms with Gasteiger partial charge in [-0.05, 0) is 19.8 Å². The first-order valence-electron chi connectivity index (χ1n) is 3.94. The Bertz CT molecular complexity index is 133. The lowest BCUT2D eigenvalue weighted by molar-refractivity contribution is 0.214. The predicted octanol–water partition coefficient (Wildman–Crippen LogP) is 2.49. The van der Waals surface area contributed by atoms with Crippen LogP contribution in [0.4, 0.5) is 4.39 Å². The summed E-state index contributed by atoms with van der Waals surface area (Å²) < 4.78 is 12.9. The number of hydrogen-bond donors (Lipinski definition) is 1. The maximum absolute atomic E-state index is 12.9. The highest BCUT2D eigenvalue weighted by atomic mass is 19.1. The summed E-state index contributed by atoms with van der Waals surface area (Å²) in [5.74, 6) is 0.373. The standard InChI is InChI=1S/C9H18FN/c1-7(2)8(3)11-6-9(4,5)10/h7,11H,3,6H2,1-2,4-5H3. The van der Waals surface area contributed by atoms with Crippen molar-refractivity contribution in [2.45, 2.75) is 33.4 Å². The molecule has 0 fully saturated rings. The van der Waals surface area contributed by atoms with Gasteiger partial charge in [-0.2, -0.15) is 0 Å². The van der Waals surface area contributed by atoms with Crippen molar-refractivity contribution in [3.05, 3.63) is 12.3 Å². The van der Waals surface area contributed by atoms with E-state index in [1.165, 1.54) is 0 Å². The second-order valence-electron chi connectivity index (χ2n) is 3.75. The van der Waals surface area contributed by atoms with Crippen molar-refractivity contribution in [3.8, 4) is 0 Å². The molecule has 0 rings (SSSR count). The molecule has 0 aromatic rings. The monoisotopic (exact) mass is 159 g/mol. The molecule has 11 heavy (non-hydrogen) atoms. The number of allylic oxidation sites excluding steroid dienone is 1. The molecule has 0 bridgehead atoms. The Morgan fingerprint density at radius 3 is 2.27 bits per heavy atom. The van der Waals surface area contributed by atoms with Gasteiger partial charge in [0.1, 0.15) is 5.67 Å². The number of rotatable bonds is 4. The molecule has 0 saturated heterocycles. The van der Waals surface area contributed by atoms with Gasteiger partial charge in [-0.25, -0.2) is 4.39 Å². The fraction of sp³-hybridized carbons (Fsp3) is 0.778. The third-order valence-electron chi connectivity index (χ3n) is 1.43. The van der Waals surface area contributed by atoms with E-state index in [4.69, 9.17) is 0 Å². The van der Waals surface area contributed by atoms with Gasteiger partial charge >= 0.3 is 0 Å². The van der Waals surface area contributed by atoms with E-state index >= 15 is 0 Å². The van der Waals surface area contributed by atoms with Crippen LogP contribution in [0, 0.1) is 5.92 Å². The molecular weight excluding hydrogens is 141 g/mol. The summed E-state index contributed by atoms with van der Waals surface area (Å²) in [5.41, 5.74) is -0.256. The van der Waals surface area contributed by atoms with Crippen molar-refractivity contribution in [2.24, 2.45) is 5.92 Å². The lowest BCUT2D eigenvalue weighted by Crippen LogP contribution is -2.31. The largest absolute Gasteiger partial charge is 0.385 e. The van der Waals surface area contributed by atoms with E-state index in [1.807, 2.05) is 13.8 Å². The SMILES string of the molecule is C=C(NCC(C)(C)F)C(C)C. The summed E-state index contributed by atoms with van der Waals surface area (Å²) in [5, 5.41) is 2.95. The second kappa shape index (κ2) is 3.74. The molecular formula is C9H18FN. The minimum absolute atomic E-state index is 0.337. The van der Waals surface area contributed by atoms with Crippen LogP contribution in [-0.2, 0) is 0 Å². The normalized spacial score (nSPS) is 11.8. The minimum Gasteiger partial charge on any atom is -0.385 e. The summed E-state index contributed by atoms with van der Waals surface area (Å²) in [7, 11) is 0. The second-order valence-corrected chi connectivity index (χ2v) is 3.75. The molecule has 0 atom stereocenters. The first kappa shape index (κ1) is 10.5. The Balaban J connectivity index is 3.64. The Labute approximate surface area is 68.7 Å². The highest BCUT2D eigenvalue weighted by Gasteiger charge is 2.15. The third-order valence-corrected chi connectivity index (χ3v) is 1.43. The van der Waals surface area contributed by atoms with E-state index in [0.717, 1.165) is 5.70 Å². The lowest BCUT2D eigenvalue weighted by Gasteiger charge is -2.18. The van der Waals surface area contributed by atoms with Gasteiger partial charge in [0.2, 0.25) is 0 Å². The fourth-order valence-corrected chi connectivity index (χ4v) is 0.528. The molecule has 66 valence electrons. The van der Waals surface area contributed by atoms with Crippen LogP contribution in [0.3, 0.4) is 0 Å². The first-order valence-corrected chi connectivity index (χ1v) is 3.94. The smallest absolute Gasteiger partial charge is 0.122 e. The summed E-state index contributed by atoms with van der Waals surface area (Å²) in [4.78, 5) is 0. The maximum atomic E-state index is 12.9. The van der Waals surface area contributed by atoms with Crippen molar-refractivity contribution >= 4 is 0 Å². The quantitative estimate of drug-likeness (QED) is 0.664. The summed E-state index contributed by atoms with van der Waals surface area (Å²) in [6, 6.07) is 0. The first-order chi connectivity index (χ1) is 4.83. The van der Waals surface area contributed by atoms with Crippen LogP contribution in [0.5, 0.6) is 0 Å². The van der Waals surface area contributed by atoms with Crippen molar-refractivity contribution in [3.63, 3.8) is 0 Å². The average Bonchev–Trinajstić information content (AvgIpc) is 1.80. The molecule has 2 heteroatoms. The Morgan fingerprint density at radius 1 is 1.55 bits per heavy atom. The van der Waals surface area contributed by atoms with Gasteiger partial charge in [0.05, 0.1) is 0 Å². The maximum Gasteiger partial charge on any atom is 0.122 e. The number of nitrogens with one attached hydrogen (secondary N) is 1. The van der Waals surface area contributed by atoms with E-state index in [1.54, 1.807) is 13.8 Å². The van der Waals surface area contributed by atoms with E-state index < -0.39 is 5.67 Å². The molecule has 0 spiro atoms. The van der Waals surface area contributed by atoms with Gasteiger partial charge in [0, 0.05) is 12.2 Å². The zero-order chi connectivity index (χ0) is 9.07. The molecule has 1 N–H and O–H groups in total. The predicted molar refractivity (Wildman–Crippen MR) is 47.2 cm³/mol. The molecule has 0 unspecified atom stereocenters. The van der Waals surface area contributed by atoms with Crippen molar-refractivity contribution in [1.82, 2.24) is 5.32 Å². The number of hydrogen-bond acceptors (Lipinski definition) is 1. The summed E-state index contributed by atoms with van der Waals surface area (Å²) in [6.07, 6.45) is 0. The molecule has 0 saturated carbocycles. The highest BCUT2D eigenvalue weighted by Crippen LogP contribution is 2.08. The van der Waals surface area contributed by atoms with Crippen LogP contribution in [0.2, 0.25) is 0 Å². The third kappa shape index (κ3) is 5.89. The van der Waals surface area contributed by atoms with Gasteiger partial charge in [-0.3, -0.25) is 0 Å². The van der Waals surface area contributed by atoms with E-state index in [-0.39, 0.29) is 0 Å². The molecule has 1 nitrogen and oxygen atoms in total. The van der Waals surface area contributed by atoms with Crippen molar-refractivity contribution in [2.75, 3.05) is 6.54 Å². The van der Waals surface area contributed by atoms with Crippen molar-refractivity contribution in [1.29, 1.82) is 0 Å². The molecule has 0 heterocycles. The van der Waals surface area contributed by atoms with E-state index in [2.05, 4.69) is 11.9 Å². The van der Waals surface area contributed by atoms with Crippen LogP contribution in [0.15, 0.2) is 12.3 Å². The molecule has 0 amide bonds. The van der Waals surface area contributed by atoms with Crippen LogP contribution >= 0.6 is 0 Å². The van der Waals surface area contributed by atoms with E-state index in [0.29, 0.717) is 12.5 Å². The Kier molecular flexibility index (Phi) is 3.56. The van der Waals surface area contributed by atoms with Gasteiger partial charge in [0.15, 0.2) is 0 Å². The van der Waals surface area contributed by atoms with Crippen LogP contribution in [-0.4, -0.2) is 12.2 Å². The Hall–Kier alpha value is -0.530. The Morgan fingerprint density at radius 2 is 2.00 bits per heavy atom. The van der Waals surface area contributed by atoms with Crippen LogP contribution < -0.4 is 5.32 Å². The zero-order valence-corrected chi connectivity index (χ0v) is 7.87. The number of alkyl halides is 1. The van der Waals surface area contributed by atoms with Crippen molar-refractivity contribution < 1.29 is 4.39 Å². The fourth-order valence-electron chi connectivity index (χ4n) is 0.528. The number of halogens is 1. The summed E-state index contributed by atoms with van der Waals surface area (Å²) >= 11 is 0. The van der Waals surface area contributed by atoms with Gasteiger partial charge in [-0.15, -0.1) is 0 Å². The molecule has 0 aromatic carbocycles. The van der Waals surface area contributed by atoms with E-state index in [9.17, 15) is 4.39 Å². The molecule has 0 aliphatic heterocycles. The minimum atomic E-state index is -1.15. The highest BCUT2D eigenvalue weighted by molar-refractivity contribution is 4.95. The van der Waals surface area contributed by atoms with Gasteiger partial charge < -0.3 is 5.32 Å². The topological polar surface area (TPSA) is 12.0 Å².